The third kappa shape index (κ3) is 6.17. The van der Waals surface area contributed by atoms with Crippen molar-refractivity contribution in [3.63, 3.8) is 0 Å². The summed E-state index contributed by atoms with van der Waals surface area (Å²) in [4.78, 5) is 12.4. The second-order valence-electron chi connectivity index (χ2n) is 5.79. The van der Waals surface area contributed by atoms with Crippen LogP contribution in [-0.2, 0) is 21.2 Å². The monoisotopic (exact) mass is 424 g/mol. The van der Waals surface area contributed by atoms with Crippen molar-refractivity contribution in [3.05, 3.63) is 64.1 Å². The first-order valence-electron chi connectivity index (χ1n) is 7.89. The Balaban J connectivity index is 2.10. The van der Waals surface area contributed by atoms with Gasteiger partial charge in [0.05, 0.1) is 24.4 Å². The molecule has 0 heterocycles. The number of anilines is 1. The van der Waals surface area contributed by atoms with E-state index >= 15 is 0 Å². The molecule has 0 radical (unpaired) electrons. The predicted molar refractivity (Wildman–Crippen MR) is 104 cm³/mol. The van der Waals surface area contributed by atoms with Crippen LogP contribution < -0.4 is 10.0 Å². The molecule has 0 aliphatic carbocycles. The first-order chi connectivity index (χ1) is 11.8. The molecule has 0 spiro atoms. The second-order valence-corrected chi connectivity index (χ2v) is 8.45. The molecule has 0 aliphatic heterocycles. The Hall–Kier alpha value is -1.86. The minimum atomic E-state index is -3.40. The van der Waals surface area contributed by atoms with Crippen molar-refractivity contribution >= 4 is 37.5 Å². The number of nitrogens with one attached hydrogen (secondary N) is 2. The SMILES string of the molecule is CCC(NC(=O)Cc1ccccc1NS(C)(=O)=O)c1ccc(Br)cc1. The van der Waals surface area contributed by atoms with Crippen LogP contribution in [0, 0.1) is 0 Å². The van der Waals surface area contributed by atoms with Gasteiger partial charge in [0.25, 0.3) is 0 Å². The van der Waals surface area contributed by atoms with Crippen LogP contribution in [0.25, 0.3) is 0 Å². The first kappa shape index (κ1) is 19.5. The van der Waals surface area contributed by atoms with E-state index in [0.717, 1.165) is 22.7 Å². The van der Waals surface area contributed by atoms with Crippen LogP contribution in [0.4, 0.5) is 5.69 Å². The largest absolute Gasteiger partial charge is 0.349 e. The molecule has 25 heavy (non-hydrogen) atoms. The van der Waals surface area contributed by atoms with Crippen molar-refractivity contribution in [2.75, 3.05) is 11.0 Å². The van der Waals surface area contributed by atoms with Gasteiger partial charge in [0.1, 0.15) is 0 Å². The number of amides is 1. The van der Waals surface area contributed by atoms with E-state index in [4.69, 9.17) is 0 Å². The number of benzene rings is 2. The normalized spacial score (nSPS) is 12.4. The van der Waals surface area contributed by atoms with Crippen LogP contribution in [0.15, 0.2) is 53.0 Å². The van der Waals surface area contributed by atoms with Crippen LogP contribution in [0.3, 0.4) is 0 Å². The third-order valence-corrected chi connectivity index (χ3v) is 4.80. The molecule has 0 saturated heterocycles. The quantitative estimate of drug-likeness (QED) is 0.712. The molecule has 0 aliphatic rings. The second kappa shape index (κ2) is 8.49. The van der Waals surface area contributed by atoms with Crippen molar-refractivity contribution in [2.45, 2.75) is 25.8 Å². The minimum Gasteiger partial charge on any atom is -0.349 e. The van der Waals surface area contributed by atoms with Crippen LogP contribution in [0.2, 0.25) is 0 Å². The fraction of sp³-hybridized carbons (Fsp3) is 0.278. The van der Waals surface area contributed by atoms with Gasteiger partial charge in [-0.2, -0.15) is 0 Å². The van der Waals surface area contributed by atoms with Crippen molar-refractivity contribution in [2.24, 2.45) is 0 Å². The average molecular weight is 425 g/mol. The lowest BCUT2D eigenvalue weighted by atomic mass is 10.0. The molecular formula is C18H21BrN2O3S. The summed E-state index contributed by atoms with van der Waals surface area (Å²) in [5, 5.41) is 3.01. The number of hydrogen-bond donors (Lipinski definition) is 2. The molecule has 0 aromatic heterocycles. The zero-order valence-corrected chi connectivity index (χ0v) is 16.5. The highest BCUT2D eigenvalue weighted by Crippen LogP contribution is 2.21. The van der Waals surface area contributed by atoms with Gasteiger partial charge in [-0.15, -0.1) is 0 Å². The molecule has 0 fully saturated rings. The van der Waals surface area contributed by atoms with Gasteiger partial charge >= 0.3 is 0 Å². The van der Waals surface area contributed by atoms with E-state index in [1.54, 1.807) is 24.3 Å². The number of para-hydroxylation sites is 1. The Morgan fingerprint density at radius 1 is 1.12 bits per heavy atom. The average Bonchev–Trinajstić information content (AvgIpc) is 2.54. The molecular weight excluding hydrogens is 404 g/mol. The zero-order chi connectivity index (χ0) is 18.4. The lowest BCUT2D eigenvalue weighted by Gasteiger charge is -2.18. The van der Waals surface area contributed by atoms with E-state index in [1.807, 2.05) is 31.2 Å². The summed E-state index contributed by atoms with van der Waals surface area (Å²) in [6, 6.07) is 14.6. The van der Waals surface area contributed by atoms with Gasteiger partial charge in [-0.05, 0) is 35.7 Å². The molecule has 7 heteroatoms. The number of sulfonamides is 1. The summed E-state index contributed by atoms with van der Waals surface area (Å²) < 4.78 is 26.4. The molecule has 134 valence electrons. The Morgan fingerprint density at radius 2 is 1.76 bits per heavy atom. The standard InChI is InChI=1S/C18H21BrN2O3S/c1-3-16(13-8-10-15(19)11-9-13)20-18(22)12-14-6-4-5-7-17(14)21-25(2,23)24/h4-11,16,21H,3,12H2,1-2H3,(H,20,22). The highest BCUT2D eigenvalue weighted by Gasteiger charge is 2.15. The first-order valence-corrected chi connectivity index (χ1v) is 10.6. The van der Waals surface area contributed by atoms with E-state index in [9.17, 15) is 13.2 Å². The molecule has 1 amide bonds. The van der Waals surface area contributed by atoms with E-state index < -0.39 is 10.0 Å². The van der Waals surface area contributed by atoms with Gasteiger partial charge < -0.3 is 5.32 Å². The summed E-state index contributed by atoms with van der Waals surface area (Å²) in [5.74, 6) is -0.155. The molecule has 0 saturated carbocycles. The zero-order valence-electron chi connectivity index (χ0n) is 14.1. The number of halogens is 1. The highest BCUT2D eigenvalue weighted by atomic mass is 79.9. The number of rotatable bonds is 7. The van der Waals surface area contributed by atoms with Gasteiger partial charge in [0.15, 0.2) is 0 Å². The fourth-order valence-corrected chi connectivity index (χ4v) is 3.37. The molecule has 2 rings (SSSR count). The highest BCUT2D eigenvalue weighted by molar-refractivity contribution is 9.10. The van der Waals surface area contributed by atoms with Crippen molar-refractivity contribution in [1.82, 2.24) is 5.32 Å². The van der Waals surface area contributed by atoms with Crippen molar-refractivity contribution in [1.29, 1.82) is 0 Å². The van der Waals surface area contributed by atoms with Crippen LogP contribution in [-0.4, -0.2) is 20.6 Å². The molecule has 2 aromatic rings. The van der Waals surface area contributed by atoms with E-state index in [1.165, 1.54) is 0 Å². The topological polar surface area (TPSA) is 75.3 Å². The van der Waals surface area contributed by atoms with Crippen molar-refractivity contribution in [3.8, 4) is 0 Å². The minimum absolute atomic E-state index is 0.0874. The van der Waals surface area contributed by atoms with E-state index in [2.05, 4.69) is 26.0 Å². The smallest absolute Gasteiger partial charge is 0.229 e. The summed E-state index contributed by atoms with van der Waals surface area (Å²) in [7, 11) is -3.40. The van der Waals surface area contributed by atoms with Gasteiger partial charge in [0, 0.05) is 4.47 Å². The molecule has 2 aromatic carbocycles. The molecule has 0 bridgehead atoms. The van der Waals surface area contributed by atoms with Gasteiger partial charge in [-0.25, -0.2) is 8.42 Å². The molecule has 1 unspecified atom stereocenters. The predicted octanol–water partition coefficient (Wildman–Crippen LogP) is 3.63. The fourth-order valence-electron chi connectivity index (χ4n) is 2.51. The summed E-state index contributed by atoms with van der Waals surface area (Å²) in [6.07, 6.45) is 1.95. The molecule has 2 N–H and O–H groups in total. The maximum Gasteiger partial charge on any atom is 0.229 e. The van der Waals surface area contributed by atoms with Crippen LogP contribution >= 0.6 is 15.9 Å². The molecule has 5 nitrogen and oxygen atoms in total. The summed E-state index contributed by atoms with van der Waals surface area (Å²) in [5.41, 5.74) is 2.09. The maximum atomic E-state index is 12.4. The lowest BCUT2D eigenvalue weighted by molar-refractivity contribution is -0.121. The summed E-state index contributed by atoms with van der Waals surface area (Å²) in [6.45, 7) is 2.01. The Kier molecular flexibility index (Phi) is 6.61. The van der Waals surface area contributed by atoms with Crippen molar-refractivity contribution < 1.29 is 13.2 Å². The Bertz CT molecular complexity index is 836. The maximum absolute atomic E-state index is 12.4. The van der Waals surface area contributed by atoms with Gasteiger partial charge in [-0.1, -0.05) is 53.2 Å². The van der Waals surface area contributed by atoms with Gasteiger partial charge in [-0.3, -0.25) is 9.52 Å². The van der Waals surface area contributed by atoms with Gasteiger partial charge in [0.2, 0.25) is 15.9 Å². The lowest BCUT2D eigenvalue weighted by Crippen LogP contribution is -2.29. The molecule has 1 atom stereocenters. The Morgan fingerprint density at radius 3 is 2.36 bits per heavy atom. The number of carbonyl (C=O) groups is 1. The van der Waals surface area contributed by atoms with Crippen LogP contribution in [0.1, 0.15) is 30.5 Å². The van der Waals surface area contributed by atoms with E-state index in [0.29, 0.717) is 11.3 Å². The number of hydrogen-bond acceptors (Lipinski definition) is 3. The van der Waals surface area contributed by atoms with E-state index in [-0.39, 0.29) is 18.4 Å². The van der Waals surface area contributed by atoms with Crippen LogP contribution in [0.5, 0.6) is 0 Å². The third-order valence-electron chi connectivity index (χ3n) is 3.68. The Labute approximate surface area is 157 Å². The summed E-state index contributed by atoms with van der Waals surface area (Å²) >= 11 is 3.40. The number of carbonyl (C=O) groups excluding carboxylic acids is 1.